The molecule has 1 aromatic carbocycles. The zero-order chi connectivity index (χ0) is 12.7. The number of hydrogen-bond acceptors (Lipinski definition) is 4. The number of alkyl halides is 2. The van der Waals surface area contributed by atoms with Crippen LogP contribution in [0.2, 0.25) is 0 Å². The van der Waals surface area contributed by atoms with Crippen LogP contribution in [0.3, 0.4) is 0 Å². The molecule has 0 aliphatic carbocycles. The van der Waals surface area contributed by atoms with Crippen molar-refractivity contribution in [1.29, 1.82) is 0 Å². The van der Waals surface area contributed by atoms with Crippen LogP contribution in [0.1, 0.15) is 12.2 Å². The Labute approximate surface area is 100 Å². The van der Waals surface area contributed by atoms with E-state index < -0.39 is 12.2 Å². The summed E-state index contributed by atoms with van der Waals surface area (Å²) < 4.78 is 31.4. The van der Waals surface area contributed by atoms with Gasteiger partial charge in [-0.15, -0.1) is 0 Å². The second kappa shape index (κ2) is 3.86. The molecule has 0 unspecified atom stereocenters. The summed E-state index contributed by atoms with van der Waals surface area (Å²) in [5, 5.41) is 3.22. The summed E-state index contributed by atoms with van der Waals surface area (Å²) in [7, 11) is 1.87. The van der Waals surface area contributed by atoms with E-state index in [1.807, 2.05) is 17.7 Å². The number of fused-ring (bicyclic) bond motifs is 1. The molecule has 18 heavy (non-hydrogen) atoms. The lowest BCUT2D eigenvalue weighted by atomic mass is 10.2. The highest BCUT2D eigenvalue weighted by atomic mass is 19.3. The second-order valence-electron chi connectivity index (χ2n) is 3.82. The highest BCUT2D eigenvalue weighted by molar-refractivity contribution is 5.80. The van der Waals surface area contributed by atoms with Gasteiger partial charge >= 0.3 is 6.43 Å². The minimum Gasteiger partial charge on any atom is -0.334 e. The number of imidazole rings is 1. The summed E-state index contributed by atoms with van der Waals surface area (Å²) in [5.74, 6) is -0.538. The van der Waals surface area contributed by atoms with Gasteiger partial charge in [-0.25, -0.2) is 13.8 Å². The average molecular weight is 250 g/mol. The Hall–Kier alpha value is -2.31. The number of rotatable bonds is 2. The average Bonchev–Trinajstić information content (AvgIpc) is 2.96. The normalized spacial score (nSPS) is 11.6. The van der Waals surface area contributed by atoms with Gasteiger partial charge in [0.2, 0.25) is 5.82 Å². The van der Waals surface area contributed by atoms with Crippen molar-refractivity contribution < 1.29 is 13.3 Å². The fraction of sp³-hybridized carbons (Fsp3) is 0.182. The Morgan fingerprint density at radius 3 is 2.89 bits per heavy atom. The minimum atomic E-state index is -2.74. The summed E-state index contributed by atoms with van der Waals surface area (Å²) >= 11 is 0. The van der Waals surface area contributed by atoms with Gasteiger partial charge in [0, 0.05) is 12.6 Å². The van der Waals surface area contributed by atoms with Crippen molar-refractivity contribution in [3.63, 3.8) is 0 Å². The van der Waals surface area contributed by atoms with E-state index in [9.17, 15) is 8.78 Å². The molecule has 0 fully saturated rings. The molecule has 0 aliphatic rings. The van der Waals surface area contributed by atoms with Crippen LogP contribution in [0, 0.1) is 0 Å². The number of hydrogen-bond donors (Lipinski definition) is 0. The van der Waals surface area contributed by atoms with E-state index in [-0.39, 0.29) is 5.89 Å². The van der Waals surface area contributed by atoms with Gasteiger partial charge < -0.3 is 9.09 Å². The lowest BCUT2D eigenvalue weighted by Crippen LogP contribution is -1.87. The Morgan fingerprint density at radius 1 is 1.33 bits per heavy atom. The SMILES string of the molecule is Cn1cnc2cc(-c3nc(C(F)F)no3)ccc21. The maximum Gasteiger partial charge on any atom is 0.300 e. The molecule has 5 nitrogen and oxygen atoms in total. The van der Waals surface area contributed by atoms with Crippen LogP contribution in [0.4, 0.5) is 8.78 Å². The molecule has 0 saturated carbocycles. The third-order valence-corrected chi connectivity index (χ3v) is 2.61. The number of benzene rings is 1. The van der Waals surface area contributed by atoms with Crippen molar-refractivity contribution in [2.75, 3.05) is 0 Å². The quantitative estimate of drug-likeness (QED) is 0.701. The lowest BCUT2D eigenvalue weighted by molar-refractivity contribution is 0.136. The van der Waals surface area contributed by atoms with E-state index in [1.165, 1.54) is 0 Å². The van der Waals surface area contributed by atoms with Crippen LogP contribution in [-0.2, 0) is 7.05 Å². The van der Waals surface area contributed by atoms with Gasteiger partial charge in [-0.05, 0) is 18.2 Å². The predicted octanol–water partition coefficient (Wildman–Crippen LogP) is 2.56. The first kappa shape index (κ1) is 10.8. The zero-order valence-corrected chi connectivity index (χ0v) is 9.34. The molecule has 0 aliphatic heterocycles. The fourth-order valence-corrected chi connectivity index (χ4v) is 1.71. The Kier molecular flexibility index (Phi) is 2.32. The first-order valence-electron chi connectivity index (χ1n) is 5.18. The summed E-state index contributed by atoms with van der Waals surface area (Å²) in [6.07, 6.45) is -1.06. The molecule has 0 amide bonds. The summed E-state index contributed by atoms with van der Waals surface area (Å²) in [6.45, 7) is 0. The Bertz CT molecular complexity index is 704. The molecule has 92 valence electrons. The predicted molar refractivity (Wildman–Crippen MR) is 59.0 cm³/mol. The van der Waals surface area contributed by atoms with Gasteiger partial charge in [-0.1, -0.05) is 5.16 Å². The van der Waals surface area contributed by atoms with Crippen molar-refractivity contribution in [1.82, 2.24) is 19.7 Å². The zero-order valence-electron chi connectivity index (χ0n) is 9.34. The third kappa shape index (κ3) is 1.64. The van der Waals surface area contributed by atoms with Gasteiger partial charge in [0.25, 0.3) is 5.89 Å². The standard InChI is InChI=1S/C11H8F2N4O/c1-17-5-14-7-4-6(2-3-8(7)17)11-15-10(9(12)13)16-18-11/h2-5,9H,1H3. The first-order valence-corrected chi connectivity index (χ1v) is 5.18. The number of aromatic nitrogens is 4. The third-order valence-electron chi connectivity index (χ3n) is 2.61. The highest BCUT2D eigenvalue weighted by Gasteiger charge is 2.17. The van der Waals surface area contributed by atoms with Gasteiger partial charge in [0.15, 0.2) is 0 Å². The monoisotopic (exact) mass is 250 g/mol. The number of halogens is 2. The molecule has 0 radical (unpaired) electrons. The highest BCUT2D eigenvalue weighted by Crippen LogP contribution is 2.24. The van der Waals surface area contributed by atoms with E-state index in [2.05, 4.69) is 15.1 Å². The first-order chi connectivity index (χ1) is 8.65. The molecule has 0 spiro atoms. The minimum absolute atomic E-state index is 0.0675. The van der Waals surface area contributed by atoms with Crippen molar-refractivity contribution in [3.05, 3.63) is 30.4 Å². The molecule has 3 rings (SSSR count). The second-order valence-corrected chi connectivity index (χ2v) is 3.82. The molecule has 0 saturated heterocycles. The van der Waals surface area contributed by atoms with E-state index >= 15 is 0 Å². The molecule has 0 N–H and O–H groups in total. The molecular weight excluding hydrogens is 242 g/mol. The molecule has 7 heteroatoms. The van der Waals surface area contributed by atoms with Gasteiger partial charge in [-0.3, -0.25) is 0 Å². The number of nitrogens with zero attached hydrogens (tertiary/aromatic N) is 4. The van der Waals surface area contributed by atoms with Crippen LogP contribution in [0.5, 0.6) is 0 Å². The van der Waals surface area contributed by atoms with Crippen LogP contribution in [0.15, 0.2) is 29.0 Å². The smallest absolute Gasteiger partial charge is 0.300 e. The summed E-state index contributed by atoms with van der Waals surface area (Å²) in [5.41, 5.74) is 2.25. The maximum absolute atomic E-state index is 12.4. The molecule has 0 atom stereocenters. The van der Waals surface area contributed by atoms with E-state index in [1.54, 1.807) is 18.5 Å². The molecular formula is C11H8F2N4O. The lowest BCUT2D eigenvalue weighted by Gasteiger charge is -1.96. The Balaban J connectivity index is 2.07. The van der Waals surface area contributed by atoms with E-state index in [4.69, 9.17) is 4.52 Å². The van der Waals surface area contributed by atoms with E-state index in [0.29, 0.717) is 5.56 Å². The number of aryl methyl sites for hydroxylation is 1. The molecule has 2 heterocycles. The molecule has 3 aromatic rings. The fourth-order valence-electron chi connectivity index (χ4n) is 1.71. The van der Waals surface area contributed by atoms with Crippen molar-refractivity contribution in [2.45, 2.75) is 6.43 Å². The van der Waals surface area contributed by atoms with Crippen LogP contribution in [-0.4, -0.2) is 19.7 Å². The summed E-state index contributed by atoms with van der Waals surface area (Å²) in [4.78, 5) is 7.80. The van der Waals surface area contributed by atoms with Crippen LogP contribution in [0.25, 0.3) is 22.5 Å². The van der Waals surface area contributed by atoms with Crippen LogP contribution < -0.4 is 0 Å². The topological polar surface area (TPSA) is 56.7 Å². The van der Waals surface area contributed by atoms with Gasteiger partial charge in [0.05, 0.1) is 17.4 Å². The molecule has 2 aromatic heterocycles. The molecule has 0 bridgehead atoms. The maximum atomic E-state index is 12.4. The van der Waals surface area contributed by atoms with Crippen LogP contribution >= 0.6 is 0 Å². The largest absolute Gasteiger partial charge is 0.334 e. The Morgan fingerprint density at radius 2 is 2.17 bits per heavy atom. The van der Waals surface area contributed by atoms with E-state index in [0.717, 1.165) is 11.0 Å². The summed E-state index contributed by atoms with van der Waals surface area (Å²) in [6, 6.07) is 5.27. The van der Waals surface area contributed by atoms with Crippen molar-refractivity contribution >= 4 is 11.0 Å². The van der Waals surface area contributed by atoms with Gasteiger partial charge in [-0.2, -0.15) is 4.98 Å². The van der Waals surface area contributed by atoms with Crippen molar-refractivity contribution in [2.24, 2.45) is 7.05 Å². The van der Waals surface area contributed by atoms with Gasteiger partial charge in [0.1, 0.15) is 0 Å². The van der Waals surface area contributed by atoms with Crippen molar-refractivity contribution in [3.8, 4) is 11.5 Å².